The maximum Gasteiger partial charge on any atom is 0.0950 e. The molecule has 0 saturated carbocycles. The van der Waals surface area contributed by atoms with Gasteiger partial charge >= 0.3 is 0 Å². The fourth-order valence-electron chi connectivity index (χ4n) is 2.20. The van der Waals surface area contributed by atoms with Gasteiger partial charge in [-0.2, -0.15) is 5.26 Å². The first-order valence-corrected chi connectivity index (χ1v) is 6.16. The van der Waals surface area contributed by atoms with Crippen molar-refractivity contribution in [1.29, 1.82) is 5.26 Å². The Morgan fingerprint density at radius 1 is 1.12 bits per heavy atom. The fourth-order valence-corrected chi connectivity index (χ4v) is 2.20. The van der Waals surface area contributed by atoms with Gasteiger partial charge in [-0.15, -0.1) is 0 Å². The Balaban J connectivity index is 1.95. The molecule has 1 atom stereocenters. The second-order valence-corrected chi connectivity index (χ2v) is 4.66. The molecule has 17 heavy (non-hydrogen) atoms. The SMILES string of the molecule is Cc1ccc(N2CCN([C@H](C)C#N)CC2)cc1. The average Bonchev–Trinajstić information content (AvgIpc) is 2.39. The third kappa shape index (κ3) is 2.78. The van der Waals surface area contributed by atoms with Gasteiger partial charge in [0.2, 0.25) is 0 Å². The minimum absolute atomic E-state index is 0.0372. The highest BCUT2D eigenvalue weighted by molar-refractivity contribution is 5.47. The summed E-state index contributed by atoms with van der Waals surface area (Å²) in [6, 6.07) is 11.0. The van der Waals surface area contributed by atoms with Crippen molar-refractivity contribution in [2.75, 3.05) is 31.1 Å². The van der Waals surface area contributed by atoms with Crippen LogP contribution in [0.4, 0.5) is 5.69 Å². The van der Waals surface area contributed by atoms with Gasteiger partial charge in [-0.1, -0.05) is 17.7 Å². The molecule has 3 heteroatoms. The number of nitrogens with zero attached hydrogens (tertiary/aromatic N) is 3. The summed E-state index contributed by atoms with van der Waals surface area (Å²) in [6.07, 6.45) is 0. The van der Waals surface area contributed by atoms with Crippen molar-refractivity contribution in [3.05, 3.63) is 29.8 Å². The number of rotatable bonds is 2. The van der Waals surface area contributed by atoms with E-state index < -0.39 is 0 Å². The summed E-state index contributed by atoms with van der Waals surface area (Å²) in [7, 11) is 0. The minimum atomic E-state index is 0.0372. The normalized spacial score (nSPS) is 18.8. The number of nitriles is 1. The maximum absolute atomic E-state index is 8.90. The molecule has 0 amide bonds. The van der Waals surface area contributed by atoms with Crippen LogP contribution < -0.4 is 4.90 Å². The number of hydrogen-bond donors (Lipinski definition) is 0. The van der Waals surface area contributed by atoms with Crippen molar-refractivity contribution in [2.45, 2.75) is 19.9 Å². The van der Waals surface area contributed by atoms with E-state index in [2.05, 4.69) is 47.1 Å². The minimum Gasteiger partial charge on any atom is -0.369 e. The van der Waals surface area contributed by atoms with Crippen molar-refractivity contribution in [3.63, 3.8) is 0 Å². The lowest BCUT2D eigenvalue weighted by atomic mass is 10.2. The number of aryl methyl sites for hydroxylation is 1. The highest BCUT2D eigenvalue weighted by atomic mass is 15.3. The van der Waals surface area contributed by atoms with E-state index in [9.17, 15) is 0 Å². The molecule has 1 saturated heterocycles. The quantitative estimate of drug-likeness (QED) is 0.777. The summed E-state index contributed by atoms with van der Waals surface area (Å²) in [4.78, 5) is 4.63. The number of piperazine rings is 1. The Bertz CT molecular complexity index is 396. The molecule has 1 aliphatic rings. The molecule has 1 aliphatic heterocycles. The number of anilines is 1. The molecule has 1 aromatic carbocycles. The second-order valence-electron chi connectivity index (χ2n) is 4.66. The van der Waals surface area contributed by atoms with Gasteiger partial charge in [-0.05, 0) is 26.0 Å². The first-order chi connectivity index (χ1) is 8.20. The summed E-state index contributed by atoms with van der Waals surface area (Å²) in [5, 5.41) is 8.90. The molecule has 1 heterocycles. The predicted molar refractivity (Wildman–Crippen MR) is 70.0 cm³/mol. The second kappa shape index (κ2) is 5.20. The highest BCUT2D eigenvalue weighted by Gasteiger charge is 2.20. The molecule has 0 aromatic heterocycles. The standard InChI is InChI=1S/C14H19N3/c1-12-3-5-14(6-4-12)17-9-7-16(8-10-17)13(2)11-15/h3-6,13H,7-10H2,1-2H3/t13-/m1/s1. The molecular weight excluding hydrogens is 210 g/mol. The summed E-state index contributed by atoms with van der Waals surface area (Å²) in [6.45, 7) is 8.05. The van der Waals surface area contributed by atoms with Gasteiger partial charge in [0.25, 0.3) is 0 Å². The largest absolute Gasteiger partial charge is 0.369 e. The van der Waals surface area contributed by atoms with E-state index in [0.29, 0.717) is 0 Å². The molecule has 1 aromatic rings. The van der Waals surface area contributed by atoms with E-state index in [1.807, 2.05) is 6.92 Å². The zero-order valence-electron chi connectivity index (χ0n) is 10.6. The maximum atomic E-state index is 8.90. The van der Waals surface area contributed by atoms with Crippen molar-refractivity contribution in [1.82, 2.24) is 4.90 Å². The average molecular weight is 229 g/mol. The van der Waals surface area contributed by atoms with Crippen LogP contribution in [0.3, 0.4) is 0 Å². The molecule has 0 N–H and O–H groups in total. The molecule has 0 unspecified atom stereocenters. The van der Waals surface area contributed by atoms with Crippen molar-refractivity contribution in [2.24, 2.45) is 0 Å². The van der Waals surface area contributed by atoms with Crippen LogP contribution >= 0.6 is 0 Å². The lowest BCUT2D eigenvalue weighted by molar-refractivity contribution is 0.231. The van der Waals surface area contributed by atoms with E-state index in [1.165, 1.54) is 11.3 Å². The molecule has 90 valence electrons. The van der Waals surface area contributed by atoms with E-state index in [-0.39, 0.29) is 6.04 Å². The molecule has 2 rings (SSSR count). The summed E-state index contributed by atoms with van der Waals surface area (Å²) in [5.74, 6) is 0. The molecule has 3 nitrogen and oxygen atoms in total. The van der Waals surface area contributed by atoms with Crippen molar-refractivity contribution >= 4 is 5.69 Å². The van der Waals surface area contributed by atoms with Gasteiger partial charge in [0.15, 0.2) is 0 Å². The van der Waals surface area contributed by atoms with Crippen LogP contribution in [0.1, 0.15) is 12.5 Å². The first-order valence-electron chi connectivity index (χ1n) is 6.16. The van der Waals surface area contributed by atoms with E-state index in [0.717, 1.165) is 26.2 Å². The molecule has 0 radical (unpaired) electrons. The van der Waals surface area contributed by atoms with Crippen LogP contribution in [0.5, 0.6) is 0 Å². The van der Waals surface area contributed by atoms with Crippen LogP contribution in [0, 0.1) is 18.3 Å². The van der Waals surface area contributed by atoms with Crippen LogP contribution in [-0.4, -0.2) is 37.1 Å². The first kappa shape index (κ1) is 11.9. The molecule has 0 bridgehead atoms. The molecule has 0 aliphatic carbocycles. The monoisotopic (exact) mass is 229 g/mol. The summed E-state index contributed by atoms with van der Waals surface area (Å²) in [5.41, 5.74) is 2.59. The smallest absolute Gasteiger partial charge is 0.0950 e. The molecule has 0 spiro atoms. The Morgan fingerprint density at radius 2 is 1.71 bits per heavy atom. The van der Waals surface area contributed by atoms with Gasteiger partial charge in [-0.3, -0.25) is 4.90 Å². The van der Waals surface area contributed by atoms with Crippen molar-refractivity contribution < 1.29 is 0 Å². The zero-order valence-corrected chi connectivity index (χ0v) is 10.6. The van der Waals surface area contributed by atoms with Gasteiger partial charge in [0, 0.05) is 31.9 Å². The molecule has 1 fully saturated rings. The lowest BCUT2D eigenvalue weighted by Crippen LogP contribution is -2.49. The number of hydrogen-bond acceptors (Lipinski definition) is 3. The van der Waals surface area contributed by atoms with Crippen LogP contribution in [-0.2, 0) is 0 Å². The van der Waals surface area contributed by atoms with E-state index in [1.54, 1.807) is 0 Å². The summed E-state index contributed by atoms with van der Waals surface area (Å²) < 4.78 is 0. The Kier molecular flexibility index (Phi) is 3.65. The van der Waals surface area contributed by atoms with Crippen LogP contribution in [0.25, 0.3) is 0 Å². The van der Waals surface area contributed by atoms with Gasteiger partial charge in [0.05, 0.1) is 12.1 Å². The zero-order chi connectivity index (χ0) is 12.3. The predicted octanol–water partition coefficient (Wildman–Crippen LogP) is 2.03. The third-order valence-electron chi connectivity index (χ3n) is 3.45. The Labute approximate surface area is 103 Å². The van der Waals surface area contributed by atoms with Gasteiger partial charge < -0.3 is 4.90 Å². The van der Waals surface area contributed by atoms with Crippen LogP contribution in [0.2, 0.25) is 0 Å². The van der Waals surface area contributed by atoms with Gasteiger partial charge in [0.1, 0.15) is 0 Å². The number of benzene rings is 1. The Morgan fingerprint density at radius 3 is 2.24 bits per heavy atom. The fraction of sp³-hybridized carbons (Fsp3) is 0.500. The Hall–Kier alpha value is -1.53. The lowest BCUT2D eigenvalue weighted by Gasteiger charge is -2.37. The van der Waals surface area contributed by atoms with E-state index >= 15 is 0 Å². The third-order valence-corrected chi connectivity index (χ3v) is 3.45. The van der Waals surface area contributed by atoms with Crippen LogP contribution in [0.15, 0.2) is 24.3 Å². The van der Waals surface area contributed by atoms with Gasteiger partial charge in [-0.25, -0.2) is 0 Å². The topological polar surface area (TPSA) is 30.3 Å². The van der Waals surface area contributed by atoms with Crippen molar-refractivity contribution in [3.8, 4) is 6.07 Å². The molecular formula is C14H19N3. The summed E-state index contributed by atoms with van der Waals surface area (Å²) >= 11 is 0. The van der Waals surface area contributed by atoms with E-state index in [4.69, 9.17) is 5.26 Å². The highest BCUT2D eigenvalue weighted by Crippen LogP contribution is 2.17.